The van der Waals surface area contributed by atoms with Crippen LogP contribution in [0.1, 0.15) is 98.8 Å². The highest BCUT2D eigenvalue weighted by Crippen LogP contribution is 2.68. The fourth-order valence-electron chi connectivity index (χ4n) is 8.93. The van der Waals surface area contributed by atoms with Crippen molar-refractivity contribution in [1.29, 1.82) is 0 Å². The van der Waals surface area contributed by atoms with Gasteiger partial charge in [0.05, 0.1) is 0 Å². The lowest BCUT2D eigenvalue weighted by atomic mass is 9.46. The lowest BCUT2D eigenvalue weighted by Gasteiger charge is -2.58. The Labute approximate surface area is 174 Å². The Morgan fingerprint density at radius 2 is 1.75 bits per heavy atom. The van der Waals surface area contributed by atoms with E-state index < -0.39 is 0 Å². The summed E-state index contributed by atoms with van der Waals surface area (Å²) in [7, 11) is 0. The van der Waals surface area contributed by atoms with Crippen LogP contribution in [0.3, 0.4) is 0 Å². The van der Waals surface area contributed by atoms with Gasteiger partial charge < -0.3 is 0 Å². The van der Waals surface area contributed by atoms with Crippen LogP contribution in [0.5, 0.6) is 0 Å². The van der Waals surface area contributed by atoms with Gasteiger partial charge in [0.2, 0.25) is 0 Å². The number of allylic oxidation sites excluding steroid dienone is 2. The van der Waals surface area contributed by atoms with Crippen LogP contribution in [0.2, 0.25) is 0 Å². The number of aldehydes is 1. The average Bonchev–Trinajstić information content (AvgIpc) is 3.17. The highest BCUT2D eigenvalue weighted by atomic mass is 16.1. The summed E-state index contributed by atoms with van der Waals surface area (Å²) in [5.41, 5.74) is 2.10. The Morgan fingerprint density at radius 3 is 2.46 bits per heavy atom. The maximum absolute atomic E-state index is 11.6. The lowest BCUT2D eigenvalue weighted by molar-refractivity contribution is -0.108. The van der Waals surface area contributed by atoms with Gasteiger partial charge in [-0.15, -0.1) is 0 Å². The van der Waals surface area contributed by atoms with Crippen LogP contribution in [0.25, 0.3) is 0 Å². The van der Waals surface area contributed by atoms with E-state index in [4.69, 9.17) is 0 Å². The van der Waals surface area contributed by atoms with Crippen molar-refractivity contribution in [2.45, 2.75) is 98.8 Å². The molecule has 0 unspecified atom stereocenters. The first-order valence-corrected chi connectivity index (χ1v) is 12.5. The van der Waals surface area contributed by atoms with Gasteiger partial charge >= 0.3 is 0 Å². The van der Waals surface area contributed by atoms with E-state index in [1.54, 1.807) is 0 Å². The molecule has 4 aliphatic carbocycles. The van der Waals surface area contributed by atoms with Crippen LogP contribution < -0.4 is 0 Å². The standard InChI is InChI=1S/C27H44O/c1-18(2)7-6-8-19(3)22-11-12-24-21-9-10-23-20(17-28)13-15-27(23,5)25(21)14-16-26(22,24)4/h13,17-19,21-25H,6-12,14-16H2,1-5H3/t19-,21+,22-,23+,24+,25+,26-,27+/m1/s1. The molecule has 0 aromatic rings. The molecule has 1 heteroatoms. The van der Waals surface area contributed by atoms with Crippen LogP contribution >= 0.6 is 0 Å². The fraction of sp³-hybridized carbons (Fsp3) is 0.889. The molecule has 0 amide bonds. The quantitative estimate of drug-likeness (QED) is 0.434. The van der Waals surface area contributed by atoms with Crippen LogP contribution in [-0.4, -0.2) is 6.29 Å². The summed E-state index contributed by atoms with van der Waals surface area (Å²) in [5.74, 6) is 5.97. The lowest BCUT2D eigenvalue weighted by Crippen LogP contribution is -2.51. The second-order valence-corrected chi connectivity index (χ2v) is 12.1. The molecule has 28 heavy (non-hydrogen) atoms. The third kappa shape index (κ3) is 3.14. The molecule has 0 heterocycles. The van der Waals surface area contributed by atoms with Gasteiger partial charge in [-0.25, -0.2) is 0 Å². The van der Waals surface area contributed by atoms with Gasteiger partial charge in [0.15, 0.2) is 0 Å². The molecule has 1 nitrogen and oxygen atoms in total. The van der Waals surface area contributed by atoms with E-state index in [9.17, 15) is 4.79 Å². The van der Waals surface area contributed by atoms with Gasteiger partial charge in [0.1, 0.15) is 6.29 Å². The van der Waals surface area contributed by atoms with Gasteiger partial charge in [0.25, 0.3) is 0 Å². The fourth-order valence-corrected chi connectivity index (χ4v) is 8.93. The largest absolute Gasteiger partial charge is 0.298 e. The van der Waals surface area contributed by atoms with Crippen LogP contribution in [-0.2, 0) is 4.79 Å². The number of hydrogen-bond acceptors (Lipinski definition) is 1. The first kappa shape index (κ1) is 20.7. The van der Waals surface area contributed by atoms with Crippen molar-refractivity contribution in [3.63, 3.8) is 0 Å². The van der Waals surface area contributed by atoms with Crippen LogP contribution in [0.15, 0.2) is 11.6 Å². The summed E-state index contributed by atoms with van der Waals surface area (Å²) in [6.45, 7) is 12.5. The molecule has 0 radical (unpaired) electrons. The Bertz CT molecular complexity index is 618. The molecular formula is C27H44O. The maximum Gasteiger partial charge on any atom is 0.146 e. The van der Waals surface area contributed by atoms with Crippen molar-refractivity contribution in [3.05, 3.63) is 11.6 Å². The maximum atomic E-state index is 11.6. The molecule has 0 saturated heterocycles. The third-order valence-electron chi connectivity index (χ3n) is 10.4. The van der Waals surface area contributed by atoms with E-state index in [2.05, 4.69) is 40.7 Å². The van der Waals surface area contributed by atoms with E-state index in [1.807, 2.05) is 0 Å². The molecule has 0 spiro atoms. The molecule has 0 aromatic heterocycles. The zero-order valence-electron chi connectivity index (χ0n) is 19.2. The number of hydrogen-bond donors (Lipinski definition) is 0. The molecule has 8 atom stereocenters. The molecule has 3 fully saturated rings. The molecule has 158 valence electrons. The van der Waals surface area contributed by atoms with Crippen molar-refractivity contribution in [2.75, 3.05) is 0 Å². The predicted octanol–water partition coefficient (Wildman–Crippen LogP) is 7.45. The minimum atomic E-state index is 0.376. The van der Waals surface area contributed by atoms with Gasteiger partial charge in [-0.1, -0.05) is 60.0 Å². The number of fused-ring (bicyclic) bond motifs is 5. The van der Waals surface area contributed by atoms with Crippen molar-refractivity contribution in [1.82, 2.24) is 0 Å². The Balaban J connectivity index is 1.47. The molecular weight excluding hydrogens is 340 g/mol. The molecule has 0 aromatic carbocycles. The van der Waals surface area contributed by atoms with Gasteiger partial charge in [-0.2, -0.15) is 0 Å². The Hall–Kier alpha value is -0.590. The Morgan fingerprint density at radius 1 is 1.00 bits per heavy atom. The van der Waals surface area contributed by atoms with E-state index >= 15 is 0 Å². The summed E-state index contributed by atoms with van der Waals surface area (Å²) in [5, 5.41) is 0. The molecule has 0 aliphatic heterocycles. The summed E-state index contributed by atoms with van der Waals surface area (Å²) < 4.78 is 0. The Kier molecular flexibility index (Phi) is 5.60. The van der Waals surface area contributed by atoms with Crippen molar-refractivity contribution < 1.29 is 4.79 Å². The first-order valence-electron chi connectivity index (χ1n) is 12.5. The highest BCUT2D eigenvalue weighted by Gasteiger charge is 2.60. The normalized spacial score (nSPS) is 45.9. The van der Waals surface area contributed by atoms with Crippen molar-refractivity contribution in [2.24, 2.45) is 52.3 Å². The molecule has 0 N–H and O–H groups in total. The minimum Gasteiger partial charge on any atom is -0.298 e. The number of rotatable bonds is 6. The second-order valence-electron chi connectivity index (χ2n) is 12.1. The second kappa shape index (κ2) is 7.59. The summed E-state index contributed by atoms with van der Waals surface area (Å²) in [4.78, 5) is 11.6. The summed E-state index contributed by atoms with van der Waals surface area (Å²) in [6.07, 6.45) is 17.3. The monoisotopic (exact) mass is 384 g/mol. The number of carbonyl (C=O) groups is 1. The molecule has 0 bridgehead atoms. The van der Waals surface area contributed by atoms with Crippen molar-refractivity contribution >= 4 is 6.29 Å². The molecule has 4 aliphatic rings. The van der Waals surface area contributed by atoms with E-state index in [-0.39, 0.29) is 0 Å². The zero-order chi connectivity index (χ0) is 20.1. The van der Waals surface area contributed by atoms with E-state index in [0.29, 0.717) is 16.7 Å². The van der Waals surface area contributed by atoms with Crippen LogP contribution in [0.4, 0.5) is 0 Å². The zero-order valence-corrected chi connectivity index (χ0v) is 19.2. The number of carbonyl (C=O) groups excluding carboxylic acids is 1. The smallest absolute Gasteiger partial charge is 0.146 e. The van der Waals surface area contributed by atoms with E-state index in [0.717, 1.165) is 47.5 Å². The van der Waals surface area contributed by atoms with Crippen molar-refractivity contribution in [3.8, 4) is 0 Å². The van der Waals surface area contributed by atoms with E-state index in [1.165, 1.54) is 64.1 Å². The summed E-state index contributed by atoms with van der Waals surface area (Å²) >= 11 is 0. The van der Waals surface area contributed by atoms with Crippen LogP contribution in [0, 0.1) is 52.3 Å². The minimum absolute atomic E-state index is 0.376. The molecule has 3 saturated carbocycles. The predicted molar refractivity (Wildman–Crippen MR) is 118 cm³/mol. The first-order chi connectivity index (χ1) is 13.3. The highest BCUT2D eigenvalue weighted by molar-refractivity contribution is 5.75. The van der Waals surface area contributed by atoms with Gasteiger partial charge in [0, 0.05) is 0 Å². The SMILES string of the molecule is CC(C)CCC[C@@H](C)[C@H]1CC[C@H]2[C@@H]3CC[C@H]4C(C=O)=CC[C@]4(C)[C@H]3CC[C@]12C. The van der Waals surface area contributed by atoms with Gasteiger partial charge in [-0.05, 0) is 103 Å². The average molecular weight is 385 g/mol. The third-order valence-corrected chi connectivity index (χ3v) is 10.4. The molecule has 4 rings (SSSR count). The summed E-state index contributed by atoms with van der Waals surface area (Å²) in [6, 6.07) is 0. The van der Waals surface area contributed by atoms with Gasteiger partial charge in [-0.3, -0.25) is 4.79 Å². The topological polar surface area (TPSA) is 17.1 Å².